The van der Waals surface area contributed by atoms with Gasteiger partial charge in [-0.05, 0) is 46.5 Å². The second-order valence-corrected chi connectivity index (χ2v) is 6.94. The van der Waals surface area contributed by atoms with Crippen LogP contribution in [0.3, 0.4) is 0 Å². The van der Waals surface area contributed by atoms with Crippen molar-refractivity contribution in [2.45, 2.75) is 72.1 Å². The van der Waals surface area contributed by atoms with E-state index in [1.54, 1.807) is 0 Å². The zero-order valence-corrected chi connectivity index (χ0v) is 13.3. The van der Waals surface area contributed by atoms with Crippen molar-refractivity contribution in [3.8, 4) is 0 Å². The molecule has 112 valence electrons. The van der Waals surface area contributed by atoms with Crippen molar-refractivity contribution in [1.82, 2.24) is 10.2 Å². The maximum absolute atomic E-state index is 12.1. The van der Waals surface area contributed by atoms with Crippen LogP contribution in [-0.2, 0) is 4.74 Å². The number of hydrogen-bond acceptors (Lipinski definition) is 3. The van der Waals surface area contributed by atoms with Gasteiger partial charge >= 0.3 is 6.09 Å². The van der Waals surface area contributed by atoms with Gasteiger partial charge in [-0.15, -0.1) is 0 Å². The van der Waals surface area contributed by atoms with Gasteiger partial charge in [-0.2, -0.15) is 0 Å². The summed E-state index contributed by atoms with van der Waals surface area (Å²) in [6.07, 6.45) is 2.07. The Morgan fingerprint density at radius 1 is 1.32 bits per heavy atom. The summed E-state index contributed by atoms with van der Waals surface area (Å²) < 4.78 is 5.45. The first-order valence-corrected chi connectivity index (χ1v) is 7.43. The molecule has 1 fully saturated rings. The van der Waals surface area contributed by atoms with E-state index >= 15 is 0 Å². The highest BCUT2D eigenvalue weighted by Crippen LogP contribution is 2.22. The zero-order chi connectivity index (χ0) is 14.6. The van der Waals surface area contributed by atoms with Crippen LogP contribution in [-0.4, -0.2) is 41.8 Å². The van der Waals surface area contributed by atoms with Gasteiger partial charge in [-0.1, -0.05) is 13.8 Å². The number of hydrogen-bond donors (Lipinski definition) is 1. The molecule has 1 heterocycles. The summed E-state index contributed by atoms with van der Waals surface area (Å²) in [6.45, 7) is 13.9. The van der Waals surface area contributed by atoms with Crippen LogP contribution in [0.4, 0.5) is 4.79 Å². The Hall–Kier alpha value is -0.770. The monoisotopic (exact) mass is 270 g/mol. The fourth-order valence-corrected chi connectivity index (χ4v) is 2.57. The Morgan fingerprint density at radius 3 is 2.47 bits per heavy atom. The predicted molar refractivity (Wildman–Crippen MR) is 78.3 cm³/mol. The van der Waals surface area contributed by atoms with E-state index in [4.69, 9.17) is 4.74 Å². The summed E-state index contributed by atoms with van der Waals surface area (Å²) >= 11 is 0. The maximum atomic E-state index is 12.1. The van der Waals surface area contributed by atoms with Crippen molar-refractivity contribution >= 4 is 6.09 Å². The molecule has 0 aromatic heterocycles. The Morgan fingerprint density at radius 2 is 1.95 bits per heavy atom. The van der Waals surface area contributed by atoms with Gasteiger partial charge in [0.25, 0.3) is 0 Å². The molecule has 1 amide bonds. The van der Waals surface area contributed by atoms with E-state index in [0.717, 1.165) is 19.5 Å². The number of rotatable bonds is 3. The molecule has 4 nitrogen and oxygen atoms in total. The average Bonchev–Trinajstić information content (AvgIpc) is 2.26. The van der Waals surface area contributed by atoms with Gasteiger partial charge in [0, 0.05) is 25.2 Å². The van der Waals surface area contributed by atoms with Crippen molar-refractivity contribution in [2.24, 2.45) is 5.92 Å². The van der Waals surface area contributed by atoms with Gasteiger partial charge in [0.2, 0.25) is 0 Å². The number of piperidine rings is 1. The molecule has 2 atom stereocenters. The van der Waals surface area contributed by atoms with E-state index in [-0.39, 0.29) is 6.09 Å². The second kappa shape index (κ2) is 6.60. The zero-order valence-electron chi connectivity index (χ0n) is 13.3. The lowest BCUT2D eigenvalue weighted by molar-refractivity contribution is 0.0147. The van der Waals surface area contributed by atoms with Gasteiger partial charge in [0.05, 0.1) is 0 Å². The smallest absolute Gasteiger partial charge is 0.410 e. The second-order valence-electron chi connectivity index (χ2n) is 6.94. The van der Waals surface area contributed by atoms with Gasteiger partial charge in [-0.25, -0.2) is 4.79 Å². The number of likely N-dealkylation sites (tertiary alicyclic amines) is 1. The topological polar surface area (TPSA) is 41.6 Å². The molecule has 2 unspecified atom stereocenters. The minimum absolute atomic E-state index is 0.172. The van der Waals surface area contributed by atoms with Crippen LogP contribution in [0.15, 0.2) is 0 Å². The van der Waals surface area contributed by atoms with Crippen molar-refractivity contribution in [3.63, 3.8) is 0 Å². The molecule has 1 N–H and O–H groups in total. The van der Waals surface area contributed by atoms with E-state index in [2.05, 4.69) is 26.1 Å². The summed E-state index contributed by atoms with van der Waals surface area (Å²) in [5.41, 5.74) is -0.411. The van der Waals surface area contributed by atoms with E-state index in [1.165, 1.54) is 6.42 Å². The number of carbonyl (C=O) groups excluding carboxylic acids is 1. The Bertz CT molecular complexity index is 297. The van der Waals surface area contributed by atoms with Crippen LogP contribution >= 0.6 is 0 Å². The number of carbonyl (C=O) groups is 1. The fourth-order valence-electron chi connectivity index (χ4n) is 2.57. The highest BCUT2D eigenvalue weighted by Gasteiger charge is 2.30. The maximum Gasteiger partial charge on any atom is 0.410 e. The molecular formula is C15H30N2O2. The highest BCUT2D eigenvalue weighted by molar-refractivity contribution is 5.68. The molecule has 0 aromatic rings. The molecule has 1 aliphatic rings. The summed E-state index contributed by atoms with van der Waals surface area (Å²) in [5.74, 6) is 0.517. The third-order valence-corrected chi connectivity index (χ3v) is 3.41. The molecule has 0 aromatic carbocycles. The average molecular weight is 270 g/mol. The first kappa shape index (κ1) is 16.3. The van der Waals surface area contributed by atoms with E-state index in [9.17, 15) is 4.79 Å². The SMILES string of the molecule is CC(C)NC(C)C1CCCN(C(=O)OC(C)(C)C)C1. The molecule has 4 heteroatoms. The standard InChI is InChI=1S/C15H30N2O2/c1-11(2)16-12(3)13-8-7-9-17(10-13)14(18)19-15(4,5)6/h11-13,16H,7-10H2,1-6H3. The first-order valence-electron chi connectivity index (χ1n) is 7.43. The van der Waals surface area contributed by atoms with E-state index in [0.29, 0.717) is 18.0 Å². The van der Waals surface area contributed by atoms with Crippen molar-refractivity contribution in [2.75, 3.05) is 13.1 Å². The summed E-state index contributed by atoms with van der Waals surface area (Å²) in [5, 5.41) is 3.54. The lowest BCUT2D eigenvalue weighted by Gasteiger charge is -2.37. The normalized spacial score (nSPS) is 22.5. The van der Waals surface area contributed by atoms with Crippen LogP contribution in [0.1, 0.15) is 54.4 Å². The summed E-state index contributed by atoms with van der Waals surface area (Å²) in [4.78, 5) is 13.9. The molecule has 1 saturated heterocycles. The Kier molecular flexibility index (Phi) is 5.65. The van der Waals surface area contributed by atoms with E-state index in [1.807, 2.05) is 25.7 Å². The number of amides is 1. The van der Waals surface area contributed by atoms with E-state index < -0.39 is 5.60 Å². The third-order valence-electron chi connectivity index (χ3n) is 3.41. The predicted octanol–water partition coefficient (Wildman–Crippen LogP) is 3.02. The summed E-state index contributed by atoms with van der Waals surface area (Å²) in [6, 6.07) is 0.914. The van der Waals surface area contributed by atoms with Crippen LogP contribution < -0.4 is 5.32 Å². The third kappa shape index (κ3) is 5.81. The van der Waals surface area contributed by atoms with Crippen molar-refractivity contribution in [1.29, 1.82) is 0 Å². The van der Waals surface area contributed by atoms with Gasteiger partial charge in [0.15, 0.2) is 0 Å². The molecule has 0 aliphatic carbocycles. The van der Waals surface area contributed by atoms with Crippen LogP contribution in [0.25, 0.3) is 0 Å². The molecule has 1 rings (SSSR count). The first-order chi connectivity index (χ1) is 8.69. The van der Waals surface area contributed by atoms with Gasteiger partial charge in [0.1, 0.15) is 5.60 Å². The molecule has 0 saturated carbocycles. The number of nitrogens with zero attached hydrogens (tertiary/aromatic N) is 1. The Labute approximate surface area is 117 Å². The van der Waals surface area contributed by atoms with Crippen LogP contribution in [0, 0.1) is 5.92 Å². The van der Waals surface area contributed by atoms with Crippen molar-refractivity contribution in [3.05, 3.63) is 0 Å². The summed E-state index contributed by atoms with van der Waals surface area (Å²) in [7, 11) is 0. The molecule has 0 radical (unpaired) electrons. The Balaban J connectivity index is 2.52. The largest absolute Gasteiger partial charge is 0.444 e. The molecule has 0 spiro atoms. The molecule has 19 heavy (non-hydrogen) atoms. The van der Waals surface area contributed by atoms with Crippen molar-refractivity contribution < 1.29 is 9.53 Å². The van der Waals surface area contributed by atoms with Crippen LogP contribution in [0.2, 0.25) is 0 Å². The molecule has 0 bridgehead atoms. The highest BCUT2D eigenvalue weighted by atomic mass is 16.6. The minimum Gasteiger partial charge on any atom is -0.444 e. The quantitative estimate of drug-likeness (QED) is 0.857. The number of ether oxygens (including phenoxy) is 1. The van der Waals surface area contributed by atoms with Gasteiger partial charge < -0.3 is 15.0 Å². The molecule has 1 aliphatic heterocycles. The number of nitrogens with one attached hydrogen (secondary N) is 1. The fraction of sp³-hybridized carbons (Fsp3) is 0.933. The molecular weight excluding hydrogens is 240 g/mol. The van der Waals surface area contributed by atoms with Crippen LogP contribution in [0.5, 0.6) is 0 Å². The lowest BCUT2D eigenvalue weighted by atomic mass is 9.91. The minimum atomic E-state index is -0.411. The van der Waals surface area contributed by atoms with Gasteiger partial charge in [-0.3, -0.25) is 0 Å². The lowest BCUT2D eigenvalue weighted by Crippen LogP contribution is -2.49.